The molecule has 11 aromatic rings. The zero-order valence-electron chi connectivity index (χ0n) is 28.9. The predicted octanol–water partition coefficient (Wildman–Crippen LogP) is 13.2. The fraction of sp³-hybridized carbons (Fsp3) is 0. The van der Waals surface area contributed by atoms with Gasteiger partial charge in [-0.1, -0.05) is 146 Å². The van der Waals surface area contributed by atoms with Crippen molar-refractivity contribution in [3.05, 3.63) is 176 Å². The Morgan fingerprint density at radius 3 is 1.63 bits per heavy atom. The SMILES string of the molecule is c1ccc2cc(-c3ccc(-c4nc(-c5ccc(-c6cccc7oc8ccccc8c67)cc5)nc(-c5cccc6c5oc5ccccc56)n4)cc3)ccc2c1. The lowest BCUT2D eigenvalue weighted by Crippen LogP contribution is -2.00. The topological polar surface area (TPSA) is 65.0 Å². The summed E-state index contributed by atoms with van der Waals surface area (Å²) in [6, 6.07) is 60.6. The average molecular weight is 692 g/mol. The van der Waals surface area contributed by atoms with Crippen molar-refractivity contribution < 1.29 is 8.83 Å². The van der Waals surface area contributed by atoms with Crippen LogP contribution in [0.1, 0.15) is 0 Å². The summed E-state index contributed by atoms with van der Waals surface area (Å²) in [5.41, 5.74) is 10.4. The monoisotopic (exact) mass is 691 g/mol. The number of hydrogen-bond donors (Lipinski definition) is 0. The van der Waals surface area contributed by atoms with Gasteiger partial charge in [0.05, 0.1) is 5.56 Å². The number of para-hydroxylation sites is 3. The minimum Gasteiger partial charge on any atom is -0.456 e. The number of aromatic nitrogens is 3. The molecule has 11 rings (SSSR count). The molecule has 0 N–H and O–H groups in total. The first-order chi connectivity index (χ1) is 26.7. The van der Waals surface area contributed by atoms with Gasteiger partial charge in [0.1, 0.15) is 22.3 Å². The molecule has 0 saturated heterocycles. The Morgan fingerprint density at radius 2 is 0.852 bits per heavy atom. The van der Waals surface area contributed by atoms with E-state index in [2.05, 4.69) is 121 Å². The Balaban J connectivity index is 1.04. The Hall–Kier alpha value is -7.37. The number of furan rings is 2. The Morgan fingerprint density at radius 1 is 0.315 bits per heavy atom. The van der Waals surface area contributed by atoms with Crippen LogP contribution in [0.3, 0.4) is 0 Å². The van der Waals surface area contributed by atoms with E-state index in [1.807, 2.05) is 54.6 Å². The van der Waals surface area contributed by atoms with Crippen LogP contribution in [-0.2, 0) is 0 Å². The summed E-state index contributed by atoms with van der Waals surface area (Å²) in [6.45, 7) is 0. The van der Waals surface area contributed by atoms with E-state index in [9.17, 15) is 0 Å². The zero-order chi connectivity index (χ0) is 35.6. The van der Waals surface area contributed by atoms with Gasteiger partial charge in [-0.25, -0.2) is 15.0 Å². The van der Waals surface area contributed by atoms with Crippen molar-refractivity contribution in [1.29, 1.82) is 0 Å². The van der Waals surface area contributed by atoms with Crippen LogP contribution in [0.5, 0.6) is 0 Å². The summed E-state index contributed by atoms with van der Waals surface area (Å²) in [5, 5.41) is 6.73. The molecule has 5 heteroatoms. The van der Waals surface area contributed by atoms with Gasteiger partial charge < -0.3 is 8.83 Å². The van der Waals surface area contributed by atoms with Gasteiger partial charge in [0.25, 0.3) is 0 Å². The van der Waals surface area contributed by atoms with Gasteiger partial charge in [-0.05, 0) is 63.4 Å². The average Bonchev–Trinajstić information content (AvgIpc) is 3.82. The van der Waals surface area contributed by atoms with Crippen molar-refractivity contribution in [3.63, 3.8) is 0 Å². The molecule has 0 saturated carbocycles. The van der Waals surface area contributed by atoms with Crippen LogP contribution in [0, 0.1) is 0 Å². The van der Waals surface area contributed by atoms with E-state index < -0.39 is 0 Å². The van der Waals surface area contributed by atoms with E-state index in [-0.39, 0.29) is 0 Å². The van der Waals surface area contributed by atoms with Gasteiger partial charge in [-0.15, -0.1) is 0 Å². The molecule has 8 aromatic carbocycles. The van der Waals surface area contributed by atoms with Gasteiger partial charge >= 0.3 is 0 Å². The largest absolute Gasteiger partial charge is 0.456 e. The Kier molecular flexibility index (Phi) is 6.79. The zero-order valence-corrected chi connectivity index (χ0v) is 28.9. The second kappa shape index (κ2) is 12.1. The summed E-state index contributed by atoms with van der Waals surface area (Å²) in [6.07, 6.45) is 0. The third-order valence-corrected chi connectivity index (χ3v) is 10.4. The lowest BCUT2D eigenvalue weighted by molar-refractivity contribution is 0.669. The molecule has 3 heterocycles. The first-order valence-corrected chi connectivity index (χ1v) is 18.0. The molecule has 3 aromatic heterocycles. The van der Waals surface area contributed by atoms with Crippen LogP contribution in [0.2, 0.25) is 0 Å². The second-order valence-electron chi connectivity index (χ2n) is 13.6. The van der Waals surface area contributed by atoms with Crippen LogP contribution in [0.25, 0.3) is 111 Å². The van der Waals surface area contributed by atoms with Gasteiger partial charge in [-0.2, -0.15) is 0 Å². The third kappa shape index (κ3) is 4.98. The minimum atomic E-state index is 0.553. The maximum Gasteiger partial charge on any atom is 0.167 e. The Labute approximate surface area is 309 Å². The molecule has 252 valence electrons. The molecule has 5 nitrogen and oxygen atoms in total. The predicted molar refractivity (Wildman–Crippen MR) is 219 cm³/mol. The first-order valence-electron chi connectivity index (χ1n) is 18.0. The summed E-state index contributed by atoms with van der Waals surface area (Å²) < 4.78 is 12.6. The molecule has 54 heavy (non-hydrogen) atoms. The van der Waals surface area contributed by atoms with E-state index in [4.69, 9.17) is 23.8 Å². The smallest absolute Gasteiger partial charge is 0.167 e. The van der Waals surface area contributed by atoms with Crippen molar-refractivity contribution in [2.45, 2.75) is 0 Å². The maximum absolute atomic E-state index is 6.44. The molecule has 0 spiro atoms. The Bertz CT molecular complexity index is 3210. The lowest BCUT2D eigenvalue weighted by atomic mass is 9.98. The molecule has 0 atom stereocenters. The highest BCUT2D eigenvalue weighted by atomic mass is 16.3. The second-order valence-corrected chi connectivity index (χ2v) is 13.6. The van der Waals surface area contributed by atoms with Crippen LogP contribution in [0.4, 0.5) is 0 Å². The molecule has 0 unspecified atom stereocenters. The first kappa shape index (κ1) is 30.3. The van der Waals surface area contributed by atoms with Crippen molar-refractivity contribution >= 4 is 54.6 Å². The van der Waals surface area contributed by atoms with Crippen LogP contribution >= 0.6 is 0 Å². The fourth-order valence-corrected chi connectivity index (χ4v) is 7.67. The summed E-state index contributed by atoms with van der Waals surface area (Å²) in [7, 11) is 0. The molecule has 0 amide bonds. The highest BCUT2D eigenvalue weighted by molar-refractivity contribution is 6.12. The standard InChI is InChI=1S/C49H29N3O2/c1-2-10-35-29-36(28-21-30(35)9-1)31-19-24-33(25-20-31)47-50-48(52-49(51-47)41-15-7-14-39-38-11-3-5-16-42(38)54-46(39)41)34-26-22-32(23-27-34)37-13-8-18-44-45(37)40-12-4-6-17-43(40)53-44/h1-29H. The lowest BCUT2D eigenvalue weighted by Gasteiger charge is -2.10. The van der Waals surface area contributed by atoms with Gasteiger partial charge in [0, 0.05) is 32.7 Å². The van der Waals surface area contributed by atoms with Crippen molar-refractivity contribution in [2.75, 3.05) is 0 Å². The van der Waals surface area contributed by atoms with E-state index in [0.29, 0.717) is 17.5 Å². The number of hydrogen-bond acceptors (Lipinski definition) is 5. The third-order valence-electron chi connectivity index (χ3n) is 10.4. The van der Waals surface area contributed by atoms with E-state index in [1.165, 1.54) is 10.8 Å². The number of nitrogens with zero attached hydrogens (tertiary/aromatic N) is 3. The van der Waals surface area contributed by atoms with Crippen LogP contribution < -0.4 is 0 Å². The van der Waals surface area contributed by atoms with E-state index in [1.54, 1.807) is 0 Å². The van der Waals surface area contributed by atoms with E-state index in [0.717, 1.165) is 82.8 Å². The molecular formula is C49H29N3O2. The molecule has 0 radical (unpaired) electrons. The van der Waals surface area contributed by atoms with Gasteiger partial charge in [0.15, 0.2) is 17.5 Å². The normalized spacial score (nSPS) is 11.7. The maximum atomic E-state index is 6.44. The van der Waals surface area contributed by atoms with Gasteiger partial charge in [0.2, 0.25) is 0 Å². The van der Waals surface area contributed by atoms with Gasteiger partial charge in [-0.3, -0.25) is 0 Å². The highest BCUT2D eigenvalue weighted by Gasteiger charge is 2.18. The van der Waals surface area contributed by atoms with Crippen molar-refractivity contribution in [3.8, 4) is 56.4 Å². The minimum absolute atomic E-state index is 0.553. The molecule has 0 bridgehead atoms. The molecule has 0 fully saturated rings. The molecule has 0 aliphatic carbocycles. The van der Waals surface area contributed by atoms with Crippen LogP contribution in [-0.4, -0.2) is 15.0 Å². The van der Waals surface area contributed by atoms with Crippen LogP contribution in [0.15, 0.2) is 185 Å². The summed E-state index contributed by atoms with van der Waals surface area (Å²) >= 11 is 0. The molecular weight excluding hydrogens is 663 g/mol. The summed E-state index contributed by atoms with van der Waals surface area (Å²) in [5.74, 6) is 1.73. The fourth-order valence-electron chi connectivity index (χ4n) is 7.67. The highest BCUT2D eigenvalue weighted by Crippen LogP contribution is 2.39. The number of benzene rings is 8. The van der Waals surface area contributed by atoms with E-state index >= 15 is 0 Å². The molecule has 0 aliphatic rings. The van der Waals surface area contributed by atoms with Crippen molar-refractivity contribution in [1.82, 2.24) is 15.0 Å². The number of rotatable bonds is 5. The molecule has 0 aliphatic heterocycles. The van der Waals surface area contributed by atoms with Crippen molar-refractivity contribution in [2.24, 2.45) is 0 Å². The quantitative estimate of drug-likeness (QED) is 0.180. The number of fused-ring (bicyclic) bond motifs is 7. The summed E-state index contributed by atoms with van der Waals surface area (Å²) in [4.78, 5) is 15.3.